The molecule has 2 aromatic heterocycles. The number of hydrogen-bond acceptors (Lipinski definition) is 4. The molecule has 6 nitrogen and oxygen atoms in total. The molecular weight excluding hydrogens is 352 g/mol. The van der Waals surface area contributed by atoms with Crippen molar-refractivity contribution in [3.8, 4) is 0 Å². The van der Waals surface area contributed by atoms with Gasteiger partial charge in [0.1, 0.15) is 5.65 Å². The van der Waals surface area contributed by atoms with E-state index in [4.69, 9.17) is 5.73 Å². The topological polar surface area (TPSA) is 104 Å². The summed E-state index contributed by atoms with van der Waals surface area (Å²) in [5.74, 6) is -0.991. The number of nitrogen functional groups attached to an aromatic ring is 1. The van der Waals surface area contributed by atoms with Crippen LogP contribution in [0.15, 0.2) is 73.1 Å². The van der Waals surface area contributed by atoms with E-state index in [1.807, 2.05) is 48.5 Å². The van der Waals surface area contributed by atoms with Crippen molar-refractivity contribution in [1.82, 2.24) is 9.97 Å². The Kier molecular flexibility index (Phi) is 4.51. The summed E-state index contributed by atoms with van der Waals surface area (Å²) in [5.41, 5.74) is 10.4. The Morgan fingerprint density at radius 3 is 2.68 bits per heavy atom. The first-order valence-corrected chi connectivity index (χ1v) is 8.71. The smallest absolute Gasteiger partial charge is 0.336 e. The summed E-state index contributed by atoms with van der Waals surface area (Å²) in [6.07, 6.45) is 5.10. The number of nitrogens with zero attached hydrogens (tertiary/aromatic N) is 1. The second-order valence-electron chi connectivity index (χ2n) is 6.31. The van der Waals surface area contributed by atoms with Crippen molar-refractivity contribution in [2.75, 3.05) is 11.1 Å². The van der Waals surface area contributed by atoms with Crippen molar-refractivity contribution in [1.29, 1.82) is 0 Å². The van der Waals surface area contributed by atoms with E-state index in [0.717, 1.165) is 22.3 Å². The molecule has 0 aliphatic carbocycles. The van der Waals surface area contributed by atoms with E-state index in [2.05, 4.69) is 15.3 Å². The van der Waals surface area contributed by atoms with Crippen LogP contribution < -0.4 is 11.1 Å². The first-order valence-electron chi connectivity index (χ1n) is 8.71. The Hall–Kier alpha value is -4.06. The van der Waals surface area contributed by atoms with Gasteiger partial charge < -0.3 is 21.1 Å². The van der Waals surface area contributed by atoms with Crippen LogP contribution in [0, 0.1) is 0 Å². The van der Waals surface area contributed by atoms with Crippen LogP contribution in [-0.2, 0) is 4.79 Å². The van der Waals surface area contributed by atoms with Crippen LogP contribution in [0.25, 0.3) is 22.7 Å². The number of nitrogens with two attached hydrogens (primary N) is 1. The number of carboxylic acids is 1. The third-order valence-corrected chi connectivity index (χ3v) is 4.38. The first kappa shape index (κ1) is 17.4. The lowest BCUT2D eigenvalue weighted by Gasteiger charge is -2.09. The summed E-state index contributed by atoms with van der Waals surface area (Å²) >= 11 is 0. The summed E-state index contributed by atoms with van der Waals surface area (Å²) in [4.78, 5) is 19.3. The highest BCUT2D eigenvalue weighted by Crippen LogP contribution is 2.31. The van der Waals surface area contributed by atoms with Crippen molar-refractivity contribution in [3.05, 3.63) is 84.2 Å². The molecule has 138 valence electrons. The molecule has 28 heavy (non-hydrogen) atoms. The van der Waals surface area contributed by atoms with Crippen molar-refractivity contribution in [3.63, 3.8) is 0 Å². The van der Waals surface area contributed by atoms with Gasteiger partial charge in [-0.2, -0.15) is 0 Å². The first-order chi connectivity index (χ1) is 13.6. The number of nitrogens with one attached hydrogen (secondary N) is 2. The van der Waals surface area contributed by atoms with Gasteiger partial charge in [-0.15, -0.1) is 0 Å². The average Bonchev–Trinajstić information content (AvgIpc) is 3.10. The molecule has 0 aliphatic heterocycles. The van der Waals surface area contributed by atoms with Gasteiger partial charge >= 0.3 is 5.97 Å². The van der Waals surface area contributed by atoms with Gasteiger partial charge in [-0.05, 0) is 35.9 Å². The molecule has 0 fully saturated rings. The predicted octanol–water partition coefficient (Wildman–Crippen LogP) is 4.51. The normalized spacial score (nSPS) is 11.5. The zero-order valence-electron chi connectivity index (χ0n) is 14.9. The van der Waals surface area contributed by atoms with Crippen LogP contribution in [0.3, 0.4) is 0 Å². The highest BCUT2D eigenvalue weighted by atomic mass is 16.4. The minimum absolute atomic E-state index is 0.209. The number of aromatic nitrogens is 2. The maximum Gasteiger partial charge on any atom is 0.336 e. The zero-order valence-corrected chi connectivity index (χ0v) is 14.9. The fourth-order valence-corrected chi connectivity index (χ4v) is 3.11. The summed E-state index contributed by atoms with van der Waals surface area (Å²) in [7, 11) is 0. The molecule has 0 saturated heterocycles. The summed E-state index contributed by atoms with van der Waals surface area (Å²) in [5, 5.41) is 13.9. The van der Waals surface area contributed by atoms with Crippen molar-refractivity contribution in [2.45, 2.75) is 0 Å². The minimum Gasteiger partial charge on any atom is -0.478 e. The maximum absolute atomic E-state index is 11.9. The molecular formula is C22H18N4O2. The molecule has 0 aliphatic rings. The van der Waals surface area contributed by atoms with E-state index in [1.54, 1.807) is 30.6 Å². The van der Waals surface area contributed by atoms with Crippen LogP contribution in [0.5, 0.6) is 0 Å². The van der Waals surface area contributed by atoms with Gasteiger partial charge in [0.2, 0.25) is 0 Å². The third kappa shape index (κ3) is 3.43. The van der Waals surface area contributed by atoms with Gasteiger partial charge in [0, 0.05) is 34.7 Å². The van der Waals surface area contributed by atoms with Gasteiger partial charge in [-0.1, -0.05) is 36.4 Å². The van der Waals surface area contributed by atoms with Crippen molar-refractivity contribution >= 4 is 45.7 Å². The SMILES string of the molecule is Nc1cccc(Nc2ccnc3[nH]cc(/C=C(/C(=O)O)c4ccccc4)c23)c1. The number of hydrogen-bond donors (Lipinski definition) is 4. The average molecular weight is 370 g/mol. The molecule has 6 heteroatoms. The Morgan fingerprint density at radius 1 is 1.11 bits per heavy atom. The van der Waals surface area contributed by atoms with Crippen molar-refractivity contribution < 1.29 is 9.90 Å². The molecule has 2 aromatic carbocycles. The Labute approximate surface area is 161 Å². The van der Waals surface area contributed by atoms with Crippen molar-refractivity contribution in [2.24, 2.45) is 0 Å². The van der Waals surface area contributed by atoms with Gasteiger partial charge in [-0.25, -0.2) is 9.78 Å². The molecule has 0 radical (unpaired) electrons. The van der Waals surface area contributed by atoms with Crippen LogP contribution in [0.1, 0.15) is 11.1 Å². The number of benzene rings is 2. The van der Waals surface area contributed by atoms with Crippen LogP contribution in [-0.4, -0.2) is 21.0 Å². The molecule has 0 saturated carbocycles. The lowest BCUT2D eigenvalue weighted by atomic mass is 10.0. The van der Waals surface area contributed by atoms with E-state index < -0.39 is 5.97 Å². The minimum atomic E-state index is -0.991. The van der Waals surface area contributed by atoms with E-state index in [9.17, 15) is 9.90 Å². The van der Waals surface area contributed by atoms with Gasteiger partial charge in [0.15, 0.2) is 0 Å². The predicted molar refractivity (Wildman–Crippen MR) is 112 cm³/mol. The summed E-state index contributed by atoms with van der Waals surface area (Å²) < 4.78 is 0. The number of rotatable bonds is 5. The molecule has 0 unspecified atom stereocenters. The quantitative estimate of drug-likeness (QED) is 0.306. The lowest BCUT2D eigenvalue weighted by molar-refractivity contribution is -0.130. The molecule has 4 aromatic rings. The molecule has 0 atom stereocenters. The van der Waals surface area contributed by atoms with E-state index in [1.165, 1.54) is 0 Å². The number of anilines is 3. The van der Waals surface area contributed by atoms with Crippen LogP contribution in [0.2, 0.25) is 0 Å². The summed E-state index contributed by atoms with van der Waals surface area (Å²) in [6, 6.07) is 18.3. The molecule has 0 spiro atoms. The zero-order chi connectivity index (χ0) is 19.5. The highest BCUT2D eigenvalue weighted by molar-refractivity contribution is 6.22. The fourth-order valence-electron chi connectivity index (χ4n) is 3.11. The Bertz CT molecular complexity index is 1180. The number of pyridine rings is 1. The number of aromatic amines is 1. The fraction of sp³-hybridized carbons (Fsp3) is 0. The number of carboxylic acid groups (broad SMARTS) is 1. The molecule has 0 bridgehead atoms. The molecule has 5 N–H and O–H groups in total. The molecule has 4 rings (SSSR count). The number of H-pyrrole nitrogens is 1. The summed E-state index contributed by atoms with van der Waals surface area (Å²) in [6.45, 7) is 0. The third-order valence-electron chi connectivity index (χ3n) is 4.38. The van der Waals surface area contributed by atoms with E-state index in [-0.39, 0.29) is 5.57 Å². The largest absolute Gasteiger partial charge is 0.478 e. The Morgan fingerprint density at radius 2 is 1.93 bits per heavy atom. The molecule has 2 heterocycles. The Balaban J connectivity index is 1.83. The molecule has 0 amide bonds. The maximum atomic E-state index is 11.9. The van der Waals surface area contributed by atoms with E-state index >= 15 is 0 Å². The second kappa shape index (κ2) is 7.28. The van der Waals surface area contributed by atoms with Crippen LogP contribution >= 0.6 is 0 Å². The van der Waals surface area contributed by atoms with Gasteiger partial charge in [0.25, 0.3) is 0 Å². The number of fused-ring (bicyclic) bond motifs is 1. The highest BCUT2D eigenvalue weighted by Gasteiger charge is 2.14. The van der Waals surface area contributed by atoms with Gasteiger partial charge in [0.05, 0.1) is 11.3 Å². The van der Waals surface area contributed by atoms with E-state index in [0.29, 0.717) is 16.9 Å². The number of aliphatic carboxylic acids is 1. The second-order valence-corrected chi connectivity index (χ2v) is 6.31. The number of carbonyl (C=O) groups is 1. The van der Waals surface area contributed by atoms with Crippen LogP contribution in [0.4, 0.5) is 17.1 Å². The monoisotopic (exact) mass is 370 g/mol. The van der Waals surface area contributed by atoms with Gasteiger partial charge in [-0.3, -0.25) is 0 Å². The standard InChI is InChI=1S/C22H18N4O2/c23-16-7-4-8-17(12-16)26-19-9-10-24-21-20(19)15(13-25-21)11-18(22(27)28)14-5-2-1-3-6-14/h1-13H,23H2,(H,27,28)(H2,24,25,26)/b18-11+. The lowest BCUT2D eigenvalue weighted by Crippen LogP contribution is -1.99.